The zero-order valence-electron chi connectivity index (χ0n) is 12.0. The molecule has 1 aromatic carbocycles. The Hall–Kier alpha value is -0.900. The van der Waals surface area contributed by atoms with Crippen molar-refractivity contribution in [2.75, 3.05) is 26.2 Å². The fourth-order valence-electron chi connectivity index (χ4n) is 2.53. The number of hydrogen-bond acceptors (Lipinski definition) is 3. The lowest BCUT2D eigenvalue weighted by molar-refractivity contribution is 0.00131. The molecule has 1 atom stereocenters. The average molecular weight is 296 g/mol. The van der Waals surface area contributed by atoms with Crippen molar-refractivity contribution in [3.8, 4) is 0 Å². The van der Waals surface area contributed by atoms with E-state index in [1.807, 2.05) is 12.1 Å². The zero-order valence-corrected chi connectivity index (χ0v) is 12.7. The van der Waals surface area contributed by atoms with Gasteiger partial charge in [-0.25, -0.2) is 0 Å². The van der Waals surface area contributed by atoms with Gasteiger partial charge < -0.3 is 4.74 Å². The highest BCUT2D eigenvalue weighted by molar-refractivity contribution is 6.31. The molecule has 0 amide bonds. The quantitative estimate of drug-likeness (QED) is 0.753. The molecule has 1 unspecified atom stereocenters. The molecule has 1 heterocycles. The third-order valence-corrected chi connectivity index (χ3v) is 3.77. The summed E-state index contributed by atoms with van der Waals surface area (Å²) in [6.07, 6.45) is 3.51. The molecular formula is C16H22ClNO2. The van der Waals surface area contributed by atoms with E-state index in [9.17, 15) is 4.79 Å². The van der Waals surface area contributed by atoms with E-state index in [1.165, 1.54) is 0 Å². The van der Waals surface area contributed by atoms with Crippen LogP contribution in [0, 0.1) is 0 Å². The second kappa shape index (κ2) is 7.77. The van der Waals surface area contributed by atoms with E-state index in [2.05, 4.69) is 11.8 Å². The maximum absolute atomic E-state index is 12.2. The molecule has 3 nitrogen and oxygen atoms in total. The number of ketones is 1. The summed E-state index contributed by atoms with van der Waals surface area (Å²) < 4.78 is 5.79. The van der Waals surface area contributed by atoms with Gasteiger partial charge in [-0.1, -0.05) is 30.7 Å². The van der Waals surface area contributed by atoms with Gasteiger partial charge in [0.25, 0.3) is 0 Å². The molecule has 0 spiro atoms. The van der Waals surface area contributed by atoms with E-state index in [1.54, 1.807) is 12.1 Å². The van der Waals surface area contributed by atoms with Crippen molar-refractivity contribution in [1.82, 2.24) is 4.90 Å². The maximum Gasteiger partial charge on any atom is 0.176 e. The molecular weight excluding hydrogens is 274 g/mol. The molecule has 1 fully saturated rings. The van der Waals surface area contributed by atoms with Crippen LogP contribution in [0.2, 0.25) is 5.02 Å². The molecule has 1 aliphatic rings. The molecule has 0 saturated carbocycles. The molecule has 1 aliphatic heterocycles. The molecule has 0 aliphatic carbocycles. The molecule has 0 aromatic heterocycles. The number of likely N-dealkylation sites (tertiary alicyclic amines) is 1. The molecule has 110 valence electrons. The SMILES string of the molecule is CCCOC1CCCN(CC(=O)c2cccc(Cl)c2)C1. The van der Waals surface area contributed by atoms with Crippen LogP contribution in [0.15, 0.2) is 24.3 Å². The lowest BCUT2D eigenvalue weighted by atomic mass is 10.1. The maximum atomic E-state index is 12.2. The van der Waals surface area contributed by atoms with Gasteiger partial charge in [0.1, 0.15) is 0 Å². The van der Waals surface area contributed by atoms with Crippen LogP contribution >= 0.6 is 11.6 Å². The summed E-state index contributed by atoms with van der Waals surface area (Å²) in [5.41, 5.74) is 0.689. The average Bonchev–Trinajstić information content (AvgIpc) is 2.45. The summed E-state index contributed by atoms with van der Waals surface area (Å²) in [6.45, 7) is 5.20. The van der Waals surface area contributed by atoms with Gasteiger partial charge >= 0.3 is 0 Å². The Labute approximate surface area is 125 Å². The first-order valence-corrected chi connectivity index (χ1v) is 7.69. The van der Waals surface area contributed by atoms with Crippen molar-refractivity contribution < 1.29 is 9.53 Å². The van der Waals surface area contributed by atoms with Gasteiger partial charge in [-0.05, 0) is 37.9 Å². The van der Waals surface area contributed by atoms with Crippen molar-refractivity contribution in [2.24, 2.45) is 0 Å². The van der Waals surface area contributed by atoms with Crippen molar-refractivity contribution >= 4 is 17.4 Å². The summed E-state index contributed by atoms with van der Waals surface area (Å²) in [5, 5.41) is 0.610. The van der Waals surface area contributed by atoms with Crippen molar-refractivity contribution in [3.63, 3.8) is 0 Å². The highest BCUT2D eigenvalue weighted by atomic mass is 35.5. The van der Waals surface area contributed by atoms with Crippen molar-refractivity contribution in [1.29, 1.82) is 0 Å². The predicted octanol–water partition coefficient (Wildman–Crippen LogP) is 3.41. The second-order valence-corrected chi connectivity index (χ2v) is 5.74. The lowest BCUT2D eigenvalue weighted by Crippen LogP contribution is -2.42. The third-order valence-electron chi connectivity index (χ3n) is 3.53. The zero-order chi connectivity index (χ0) is 14.4. The number of piperidine rings is 1. The number of ether oxygens (including phenoxy) is 1. The van der Waals surface area contributed by atoms with Gasteiger partial charge in [-0.3, -0.25) is 9.69 Å². The van der Waals surface area contributed by atoms with Gasteiger partial charge in [-0.2, -0.15) is 0 Å². The Morgan fingerprint density at radius 2 is 2.35 bits per heavy atom. The predicted molar refractivity (Wildman–Crippen MR) is 81.5 cm³/mol. The summed E-state index contributed by atoms with van der Waals surface area (Å²) in [6, 6.07) is 7.16. The number of rotatable bonds is 6. The summed E-state index contributed by atoms with van der Waals surface area (Å²) in [5.74, 6) is 0.128. The molecule has 2 rings (SSSR count). The van der Waals surface area contributed by atoms with Gasteiger partial charge in [0.2, 0.25) is 0 Å². The minimum atomic E-state index is 0.128. The first-order valence-electron chi connectivity index (χ1n) is 7.31. The van der Waals surface area contributed by atoms with E-state index in [4.69, 9.17) is 16.3 Å². The Morgan fingerprint density at radius 3 is 3.10 bits per heavy atom. The van der Waals surface area contributed by atoms with Crippen LogP contribution in [-0.2, 0) is 4.74 Å². The standard InChI is InChI=1S/C16H22ClNO2/c1-2-9-20-15-7-4-8-18(11-15)12-16(19)13-5-3-6-14(17)10-13/h3,5-6,10,15H,2,4,7-9,11-12H2,1H3. The normalized spacial score (nSPS) is 20.0. The molecule has 4 heteroatoms. The molecule has 0 radical (unpaired) electrons. The van der Waals surface area contributed by atoms with E-state index in [0.717, 1.165) is 39.0 Å². The van der Waals surface area contributed by atoms with Gasteiger partial charge in [0.15, 0.2) is 5.78 Å². The van der Waals surface area contributed by atoms with Crippen LogP contribution < -0.4 is 0 Å². The number of Topliss-reactive ketones (excluding diaryl/α,β-unsaturated/α-hetero) is 1. The van der Waals surface area contributed by atoms with Crippen molar-refractivity contribution in [3.05, 3.63) is 34.9 Å². The Bertz CT molecular complexity index is 450. The van der Waals surface area contributed by atoms with E-state index in [0.29, 0.717) is 17.1 Å². The number of nitrogens with zero attached hydrogens (tertiary/aromatic N) is 1. The third kappa shape index (κ3) is 4.58. The van der Waals surface area contributed by atoms with Crippen LogP contribution in [0.3, 0.4) is 0 Å². The fourth-order valence-corrected chi connectivity index (χ4v) is 2.72. The molecule has 0 bridgehead atoms. The number of carbonyl (C=O) groups excluding carboxylic acids is 1. The molecule has 1 aromatic rings. The highest BCUT2D eigenvalue weighted by Crippen LogP contribution is 2.16. The minimum absolute atomic E-state index is 0.128. The highest BCUT2D eigenvalue weighted by Gasteiger charge is 2.22. The van der Waals surface area contributed by atoms with Gasteiger partial charge in [-0.15, -0.1) is 0 Å². The second-order valence-electron chi connectivity index (χ2n) is 5.30. The summed E-state index contributed by atoms with van der Waals surface area (Å²) in [4.78, 5) is 14.4. The Kier molecular flexibility index (Phi) is 6.02. The van der Waals surface area contributed by atoms with Crippen LogP contribution in [0.25, 0.3) is 0 Å². The largest absolute Gasteiger partial charge is 0.377 e. The Balaban J connectivity index is 1.87. The van der Waals surface area contributed by atoms with Gasteiger partial charge in [0, 0.05) is 23.7 Å². The smallest absolute Gasteiger partial charge is 0.176 e. The van der Waals surface area contributed by atoms with Crippen LogP contribution in [0.5, 0.6) is 0 Å². The summed E-state index contributed by atoms with van der Waals surface area (Å²) in [7, 11) is 0. The summed E-state index contributed by atoms with van der Waals surface area (Å²) >= 11 is 5.93. The fraction of sp³-hybridized carbons (Fsp3) is 0.562. The molecule has 1 saturated heterocycles. The molecule has 0 N–H and O–H groups in total. The molecule has 20 heavy (non-hydrogen) atoms. The topological polar surface area (TPSA) is 29.5 Å². The number of halogens is 1. The van der Waals surface area contributed by atoms with E-state index >= 15 is 0 Å². The number of benzene rings is 1. The Morgan fingerprint density at radius 1 is 1.50 bits per heavy atom. The van der Waals surface area contributed by atoms with Crippen LogP contribution in [0.4, 0.5) is 0 Å². The monoisotopic (exact) mass is 295 g/mol. The van der Waals surface area contributed by atoms with E-state index < -0.39 is 0 Å². The van der Waals surface area contributed by atoms with E-state index in [-0.39, 0.29) is 11.9 Å². The van der Waals surface area contributed by atoms with Crippen LogP contribution in [-0.4, -0.2) is 43.0 Å². The van der Waals surface area contributed by atoms with Gasteiger partial charge in [0.05, 0.1) is 12.6 Å². The first kappa shape index (κ1) is 15.5. The number of hydrogen-bond donors (Lipinski definition) is 0. The van der Waals surface area contributed by atoms with Crippen molar-refractivity contribution in [2.45, 2.75) is 32.3 Å². The minimum Gasteiger partial charge on any atom is -0.377 e. The first-order chi connectivity index (χ1) is 9.69. The number of carbonyl (C=O) groups is 1. The lowest BCUT2D eigenvalue weighted by Gasteiger charge is -2.32. The van der Waals surface area contributed by atoms with Crippen LogP contribution in [0.1, 0.15) is 36.5 Å².